The number of carboxylic acids is 1. The van der Waals surface area contributed by atoms with Crippen LogP contribution in [0.4, 0.5) is 5.69 Å². The van der Waals surface area contributed by atoms with Gasteiger partial charge in [0.2, 0.25) is 0 Å². The van der Waals surface area contributed by atoms with Crippen molar-refractivity contribution in [3.05, 3.63) is 33.9 Å². The van der Waals surface area contributed by atoms with Gasteiger partial charge in [-0.3, -0.25) is 14.9 Å². The molecular formula is C12H14N2O7. The maximum absolute atomic E-state index is 11.8. The molecule has 0 radical (unpaired) electrons. The number of hydrogen-bond acceptors (Lipinski definition) is 6. The molecule has 3 N–H and O–H groups in total. The monoisotopic (exact) mass is 298 g/mol. The molecule has 0 aliphatic heterocycles. The molecule has 0 aliphatic rings. The van der Waals surface area contributed by atoms with Gasteiger partial charge in [0.25, 0.3) is 5.91 Å². The molecule has 0 fully saturated rings. The molecule has 0 heterocycles. The Labute approximate surface area is 119 Å². The van der Waals surface area contributed by atoms with Gasteiger partial charge in [-0.25, -0.2) is 4.79 Å². The summed E-state index contributed by atoms with van der Waals surface area (Å²) in [6.45, 7) is -0.0773. The zero-order chi connectivity index (χ0) is 16.0. The molecule has 9 nitrogen and oxygen atoms in total. The summed E-state index contributed by atoms with van der Waals surface area (Å²) in [7, 11) is 1.27. The van der Waals surface area contributed by atoms with Crippen molar-refractivity contribution in [2.45, 2.75) is 12.5 Å². The van der Waals surface area contributed by atoms with Gasteiger partial charge in [-0.2, -0.15) is 0 Å². The number of amides is 1. The first-order chi connectivity index (χ1) is 9.86. The molecule has 0 saturated carbocycles. The number of rotatable bonds is 7. The highest BCUT2D eigenvalue weighted by Gasteiger charge is 2.18. The van der Waals surface area contributed by atoms with Crippen molar-refractivity contribution in [1.82, 2.24) is 5.32 Å². The number of methoxy groups -OCH3 is 1. The van der Waals surface area contributed by atoms with Crippen molar-refractivity contribution in [3.8, 4) is 5.75 Å². The first kappa shape index (κ1) is 16.4. The zero-order valence-electron chi connectivity index (χ0n) is 11.1. The number of nitro groups is 1. The van der Waals surface area contributed by atoms with Crippen LogP contribution < -0.4 is 10.1 Å². The van der Waals surface area contributed by atoms with Crippen LogP contribution in [0.25, 0.3) is 0 Å². The fraction of sp³-hybridized carbons (Fsp3) is 0.333. The van der Waals surface area contributed by atoms with Crippen LogP contribution in [0.5, 0.6) is 5.75 Å². The number of aliphatic hydroxyl groups is 1. The van der Waals surface area contributed by atoms with Crippen LogP contribution in [0.2, 0.25) is 0 Å². The maximum Gasteiger partial charge on any atom is 0.332 e. The van der Waals surface area contributed by atoms with Gasteiger partial charge < -0.3 is 20.3 Å². The van der Waals surface area contributed by atoms with E-state index in [2.05, 4.69) is 5.32 Å². The number of carbonyl (C=O) groups excluding carboxylic acids is 1. The highest BCUT2D eigenvalue weighted by Crippen LogP contribution is 2.27. The predicted molar refractivity (Wildman–Crippen MR) is 70.2 cm³/mol. The molecule has 1 aromatic rings. The normalized spacial score (nSPS) is 11.5. The van der Waals surface area contributed by atoms with E-state index in [-0.39, 0.29) is 30.0 Å². The standard InChI is InChI=1S/C12H14N2O7/c1-21-10-3-2-7(6-8(10)14(19)20)11(16)13-5-4-9(15)12(17)18/h2-3,6,9,15H,4-5H2,1H3,(H,13,16)(H,17,18)/t9-/m0/s1. The summed E-state index contributed by atoms with van der Waals surface area (Å²) in [5, 5.41) is 30.7. The Morgan fingerprint density at radius 3 is 2.67 bits per heavy atom. The average molecular weight is 298 g/mol. The molecule has 114 valence electrons. The van der Waals surface area contributed by atoms with Crippen LogP contribution in [0.15, 0.2) is 18.2 Å². The second-order valence-corrected chi connectivity index (χ2v) is 4.04. The molecule has 0 bridgehead atoms. The van der Waals surface area contributed by atoms with Crippen molar-refractivity contribution < 1.29 is 29.5 Å². The van der Waals surface area contributed by atoms with Gasteiger partial charge in [0, 0.05) is 24.6 Å². The summed E-state index contributed by atoms with van der Waals surface area (Å²) in [6.07, 6.45) is -1.74. The Hall–Kier alpha value is -2.68. The number of nitrogens with one attached hydrogen (secondary N) is 1. The van der Waals surface area contributed by atoms with E-state index >= 15 is 0 Å². The summed E-state index contributed by atoms with van der Waals surface area (Å²) in [5.41, 5.74) is -0.317. The number of benzene rings is 1. The number of carboxylic acid groups (broad SMARTS) is 1. The third-order valence-electron chi connectivity index (χ3n) is 2.63. The van der Waals surface area contributed by atoms with Gasteiger partial charge in [0.15, 0.2) is 11.9 Å². The van der Waals surface area contributed by atoms with Crippen molar-refractivity contribution in [3.63, 3.8) is 0 Å². The molecule has 0 unspecified atom stereocenters. The summed E-state index contributed by atoms with van der Waals surface area (Å²) in [4.78, 5) is 32.3. The van der Waals surface area contributed by atoms with Crippen LogP contribution in [0, 0.1) is 10.1 Å². The lowest BCUT2D eigenvalue weighted by Gasteiger charge is -2.08. The van der Waals surface area contributed by atoms with Crippen LogP contribution >= 0.6 is 0 Å². The van der Waals surface area contributed by atoms with Crippen molar-refractivity contribution in [1.29, 1.82) is 0 Å². The summed E-state index contributed by atoms with van der Waals surface area (Å²) in [5.74, 6) is -1.97. The number of hydrogen-bond donors (Lipinski definition) is 3. The summed E-state index contributed by atoms with van der Waals surface area (Å²) >= 11 is 0. The van der Waals surface area contributed by atoms with Crippen LogP contribution in [0.1, 0.15) is 16.8 Å². The molecule has 21 heavy (non-hydrogen) atoms. The molecular weight excluding hydrogens is 284 g/mol. The maximum atomic E-state index is 11.8. The van der Waals surface area contributed by atoms with Crippen molar-refractivity contribution in [2.75, 3.05) is 13.7 Å². The van der Waals surface area contributed by atoms with Gasteiger partial charge in [0.05, 0.1) is 12.0 Å². The summed E-state index contributed by atoms with van der Waals surface area (Å²) in [6, 6.07) is 3.69. The van der Waals surface area contributed by atoms with Gasteiger partial charge in [-0.05, 0) is 12.1 Å². The second kappa shape index (κ2) is 7.20. The van der Waals surface area contributed by atoms with E-state index < -0.39 is 22.9 Å². The highest BCUT2D eigenvalue weighted by atomic mass is 16.6. The number of aliphatic carboxylic acids is 1. The van der Waals surface area contributed by atoms with Gasteiger partial charge in [-0.1, -0.05) is 0 Å². The van der Waals surface area contributed by atoms with Crippen molar-refractivity contribution in [2.24, 2.45) is 0 Å². The fourth-order valence-electron chi connectivity index (χ4n) is 1.52. The largest absolute Gasteiger partial charge is 0.490 e. The van der Waals surface area contributed by atoms with E-state index in [1.165, 1.54) is 19.2 Å². The Morgan fingerprint density at radius 2 is 2.14 bits per heavy atom. The molecule has 0 aromatic heterocycles. The number of carbonyl (C=O) groups is 2. The fourth-order valence-corrected chi connectivity index (χ4v) is 1.52. The highest BCUT2D eigenvalue weighted by molar-refractivity contribution is 5.95. The van der Waals surface area contributed by atoms with Gasteiger partial charge in [0.1, 0.15) is 0 Å². The quantitative estimate of drug-likeness (QED) is 0.481. The molecule has 0 saturated heterocycles. The lowest BCUT2D eigenvalue weighted by molar-refractivity contribution is -0.385. The van der Waals surface area contributed by atoms with E-state index in [0.717, 1.165) is 6.07 Å². The minimum absolute atomic E-state index is 0.0258. The van der Waals surface area contributed by atoms with Crippen LogP contribution in [-0.4, -0.2) is 46.8 Å². The molecule has 1 aromatic carbocycles. The molecule has 9 heteroatoms. The number of ether oxygens (including phenoxy) is 1. The van der Waals surface area contributed by atoms with Crippen LogP contribution in [-0.2, 0) is 4.79 Å². The molecule has 0 aliphatic carbocycles. The Bertz CT molecular complexity index is 559. The lowest BCUT2D eigenvalue weighted by atomic mass is 10.1. The molecule has 1 rings (SSSR count). The Balaban J connectivity index is 2.73. The second-order valence-electron chi connectivity index (χ2n) is 4.04. The smallest absolute Gasteiger partial charge is 0.332 e. The minimum Gasteiger partial charge on any atom is -0.490 e. The van der Waals surface area contributed by atoms with E-state index in [1.54, 1.807) is 0 Å². The summed E-state index contributed by atoms with van der Waals surface area (Å²) < 4.78 is 4.81. The van der Waals surface area contributed by atoms with E-state index in [0.29, 0.717) is 0 Å². The number of aliphatic hydroxyl groups excluding tert-OH is 1. The Kier molecular flexibility index (Phi) is 5.61. The van der Waals surface area contributed by atoms with Crippen LogP contribution in [0.3, 0.4) is 0 Å². The molecule has 1 amide bonds. The topological polar surface area (TPSA) is 139 Å². The van der Waals surface area contributed by atoms with E-state index in [9.17, 15) is 19.7 Å². The number of nitrogens with zero attached hydrogens (tertiary/aromatic N) is 1. The molecule has 0 spiro atoms. The third kappa shape index (κ3) is 4.42. The Morgan fingerprint density at radius 1 is 1.48 bits per heavy atom. The number of nitro benzene ring substituents is 1. The lowest BCUT2D eigenvalue weighted by Crippen LogP contribution is -2.30. The van der Waals surface area contributed by atoms with E-state index in [4.69, 9.17) is 14.9 Å². The van der Waals surface area contributed by atoms with Crippen molar-refractivity contribution >= 4 is 17.6 Å². The predicted octanol–water partition coefficient (Wildman–Crippen LogP) is 0.169. The third-order valence-corrected chi connectivity index (χ3v) is 2.63. The first-order valence-corrected chi connectivity index (χ1v) is 5.88. The zero-order valence-corrected chi connectivity index (χ0v) is 11.1. The molecule has 1 atom stereocenters. The van der Waals surface area contributed by atoms with Gasteiger partial charge in [-0.15, -0.1) is 0 Å². The minimum atomic E-state index is -1.57. The average Bonchev–Trinajstić information content (AvgIpc) is 2.45. The van der Waals surface area contributed by atoms with Gasteiger partial charge >= 0.3 is 11.7 Å². The first-order valence-electron chi connectivity index (χ1n) is 5.88. The SMILES string of the molecule is COc1ccc(C(=O)NCC[C@H](O)C(=O)O)cc1[N+](=O)[O-]. The van der Waals surface area contributed by atoms with E-state index in [1.807, 2.05) is 0 Å².